The molecule has 0 radical (unpaired) electrons. The second-order valence-corrected chi connectivity index (χ2v) is 5.41. The number of nitrogens with one attached hydrogen (secondary N) is 1. The monoisotopic (exact) mass is 297 g/mol. The van der Waals surface area contributed by atoms with Gasteiger partial charge in [-0.15, -0.1) is 0 Å². The van der Waals surface area contributed by atoms with Gasteiger partial charge in [0.15, 0.2) is 0 Å². The molecule has 0 aromatic heterocycles. The van der Waals surface area contributed by atoms with Crippen LogP contribution in [0.5, 0.6) is 0 Å². The summed E-state index contributed by atoms with van der Waals surface area (Å²) >= 11 is 0. The molecule has 0 spiro atoms. The van der Waals surface area contributed by atoms with E-state index in [-0.39, 0.29) is 5.69 Å². The molecule has 2 aromatic rings. The first-order chi connectivity index (χ1) is 10.6. The van der Waals surface area contributed by atoms with Gasteiger partial charge in [0.2, 0.25) is 0 Å². The van der Waals surface area contributed by atoms with Gasteiger partial charge in [-0.1, -0.05) is 56.3 Å². The van der Waals surface area contributed by atoms with Crippen molar-refractivity contribution in [2.45, 2.75) is 20.3 Å². The van der Waals surface area contributed by atoms with Crippen molar-refractivity contribution in [3.05, 3.63) is 70.3 Å². The van der Waals surface area contributed by atoms with Crippen molar-refractivity contribution in [3.8, 4) is 0 Å². The fraction of sp³-hybridized carbons (Fsp3) is 0.235. The number of hydrazone groups is 1. The zero-order chi connectivity index (χ0) is 15.9. The van der Waals surface area contributed by atoms with Crippen molar-refractivity contribution >= 4 is 17.1 Å². The minimum absolute atomic E-state index is 0.0169. The Morgan fingerprint density at radius 3 is 2.41 bits per heavy atom. The van der Waals surface area contributed by atoms with Crippen LogP contribution in [0.25, 0.3) is 0 Å². The number of anilines is 1. The molecular weight excluding hydrogens is 278 g/mol. The molecule has 0 aliphatic rings. The molecule has 5 nitrogen and oxygen atoms in total. The van der Waals surface area contributed by atoms with Crippen LogP contribution in [0.3, 0.4) is 0 Å². The van der Waals surface area contributed by atoms with Crippen molar-refractivity contribution in [3.63, 3.8) is 0 Å². The number of nitro benzene ring substituents is 1. The lowest BCUT2D eigenvalue weighted by atomic mass is 10.0. The van der Waals surface area contributed by atoms with Gasteiger partial charge < -0.3 is 0 Å². The normalized spacial score (nSPS) is 11.5. The number of hydrogen-bond donors (Lipinski definition) is 1. The van der Waals surface area contributed by atoms with Crippen LogP contribution in [0.1, 0.15) is 25.8 Å². The predicted molar refractivity (Wildman–Crippen MR) is 89.2 cm³/mol. The summed E-state index contributed by atoms with van der Waals surface area (Å²) in [5, 5.41) is 15.4. The van der Waals surface area contributed by atoms with Crippen LogP contribution >= 0.6 is 0 Å². The van der Waals surface area contributed by atoms with Crippen LogP contribution in [0.2, 0.25) is 0 Å². The zero-order valence-corrected chi connectivity index (χ0v) is 12.7. The Morgan fingerprint density at radius 2 is 1.77 bits per heavy atom. The molecule has 2 aromatic carbocycles. The van der Waals surface area contributed by atoms with Gasteiger partial charge in [-0.05, 0) is 24.0 Å². The third kappa shape index (κ3) is 4.15. The highest BCUT2D eigenvalue weighted by atomic mass is 16.6. The highest BCUT2D eigenvalue weighted by molar-refractivity contribution is 6.01. The van der Waals surface area contributed by atoms with Crippen LogP contribution in [0.4, 0.5) is 11.4 Å². The first-order valence-corrected chi connectivity index (χ1v) is 7.19. The summed E-state index contributed by atoms with van der Waals surface area (Å²) in [6, 6.07) is 16.3. The fourth-order valence-electron chi connectivity index (χ4n) is 2.10. The van der Waals surface area contributed by atoms with Gasteiger partial charge in [0.05, 0.1) is 10.6 Å². The SMILES string of the molecule is CC(C)C/C(=N/Nc1ccccc1[N+](=O)[O-])c1ccccc1. The second kappa shape index (κ2) is 7.36. The molecule has 0 saturated heterocycles. The largest absolute Gasteiger partial charge is 0.294 e. The standard InChI is InChI=1S/C17H19N3O2/c1-13(2)12-16(14-8-4-3-5-9-14)19-18-15-10-6-7-11-17(15)20(21)22/h3-11,13,18H,12H2,1-2H3/b19-16-. The first-order valence-electron chi connectivity index (χ1n) is 7.19. The predicted octanol–water partition coefficient (Wildman–Crippen LogP) is 4.46. The van der Waals surface area contributed by atoms with E-state index in [9.17, 15) is 10.1 Å². The number of hydrogen-bond acceptors (Lipinski definition) is 4. The number of rotatable bonds is 6. The van der Waals surface area contributed by atoms with E-state index in [4.69, 9.17) is 0 Å². The molecule has 0 heterocycles. The van der Waals surface area contributed by atoms with E-state index < -0.39 is 4.92 Å². The van der Waals surface area contributed by atoms with Gasteiger partial charge >= 0.3 is 0 Å². The van der Waals surface area contributed by atoms with Gasteiger partial charge in [0.1, 0.15) is 5.69 Å². The highest BCUT2D eigenvalue weighted by Crippen LogP contribution is 2.23. The summed E-state index contributed by atoms with van der Waals surface area (Å²) in [6.07, 6.45) is 0.789. The molecule has 0 aliphatic carbocycles. The third-order valence-electron chi connectivity index (χ3n) is 3.12. The lowest BCUT2D eigenvalue weighted by molar-refractivity contribution is -0.384. The van der Waals surface area contributed by atoms with E-state index in [1.165, 1.54) is 6.07 Å². The average Bonchev–Trinajstić information content (AvgIpc) is 2.52. The zero-order valence-electron chi connectivity index (χ0n) is 12.7. The molecule has 0 fully saturated rings. The molecule has 22 heavy (non-hydrogen) atoms. The number of benzene rings is 2. The summed E-state index contributed by atoms with van der Waals surface area (Å²) in [5.74, 6) is 0.437. The number of para-hydroxylation sites is 2. The van der Waals surface area contributed by atoms with Crippen molar-refractivity contribution in [2.75, 3.05) is 5.43 Å². The molecule has 0 saturated carbocycles. The molecule has 0 unspecified atom stereocenters. The molecule has 0 bridgehead atoms. The van der Waals surface area contributed by atoms with Crippen LogP contribution in [0, 0.1) is 16.0 Å². The van der Waals surface area contributed by atoms with E-state index in [1.807, 2.05) is 30.3 Å². The Balaban J connectivity index is 2.29. The smallest absolute Gasteiger partial charge is 0.271 e. The van der Waals surface area contributed by atoms with Gasteiger partial charge in [-0.25, -0.2) is 0 Å². The maximum absolute atomic E-state index is 11.0. The number of nitro groups is 1. The molecule has 114 valence electrons. The Morgan fingerprint density at radius 1 is 1.14 bits per heavy atom. The van der Waals surface area contributed by atoms with Gasteiger partial charge in [-0.3, -0.25) is 15.5 Å². The summed E-state index contributed by atoms with van der Waals surface area (Å²) < 4.78 is 0. The quantitative estimate of drug-likeness (QED) is 0.486. The maximum atomic E-state index is 11.0. The topological polar surface area (TPSA) is 67.5 Å². The van der Waals surface area contributed by atoms with Gasteiger partial charge in [0.25, 0.3) is 5.69 Å². The molecule has 0 amide bonds. The van der Waals surface area contributed by atoms with Crippen LogP contribution < -0.4 is 5.43 Å². The molecule has 1 N–H and O–H groups in total. The Bertz CT molecular complexity index is 667. The molecule has 0 atom stereocenters. The van der Waals surface area contributed by atoms with Crippen LogP contribution in [0.15, 0.2) is 59.7 Å². The van der Waals surface area contributed by atoms with Crippen molar-refractivity contribution < 1.29 is 4.92 Å². The summed E-state index contributed by atoms with van der Waals surface area (Å²) in [6.45, 7) is 4.23. The second-order valence-electron chi connectivity index (χ2n) is 5.41. The highest BCUT2D eigenvalue weighted by Gasteiger charge is 2.12. The van der Waals surface area contributed by atoms with E-state index in [1.54, 1.807) is 18.2 Å². The summed E-state index contributed by atoms with van der Waals surface area (Å²) in [7, 11) is 0. The fourth-order valence-corrected chi connectivity index (χ4v) is 2.10. The summed E-state index contributed by atoms with van der Waals surface area (Å²) in [5.41, 5.74) is 5.15. The van der Waals surface area contributed by atoms with Gasteiger partial charge in [-0.2, -0.15) is 5.10 Å². The third-order valence-corrected chi connectivity index (χ3v) is 3.12. The van der Waals surface area contributed by atoms with Crippen LogP contribution in [-0.4, -0.2) is 10.6 Å². The number of nitrogens with zero attached hydrogens (tertiary/aromatic N) is 2. The lowest BCUT2D eigenvalue weighted by Crippen LogP contribution is -2.08. The van der Waals surface area contributed by atoms with E-state index >= 15 is 0 Å². The Labute approximate surface area is 129 Å². The average molecular weight is 297 g/mol. The molecule has 5 heteroatoms. The minimum atomic E-state index is -0.414. The first kappa shape index (κ1) is 15.7. The van der Waals surface area contributed by atoms with E-state index in [2.05, 4.69) is 24.4 Å². The lowest BCUT2D eigenvalue weighted by Gasteiger charge is -2.10. The molecular formula is C17H19N3O2. The van der Waals surface area contributed by atoms with Gasteiger partial charge in [0, 0.05) is 6.07 Å². The van der Waals surface area contributed by atoms with E-state index in [0.29, 0.717) is 11.6 Å². The maximum Gasteiger partial charge on any atom is 0.294 e. The summed E-state index contributed by atoms with van der Waals surface area (Å²) in [4.78, 5) is 10.6. The van der Waals surface area contributed by atoms with Crippen molar-refractivity contribution in [1.82, 2.24) is 0 Å². The Kier molecular flexibility index (Phi) is 5.25. The van der Waals surface area contributed by atoms with E-state index in [0.717, 1.165) is 17.7 Å². The molecule has 2 rings (SSSR count). The van der Waals surface area contributed by atoms with Crippen molar-refractivity contribution in [1.29, 1.82) is 0 Å². The van der Waals surface area contributed by atoms with Crippen LogP contribution in [-0.2, 0) is 0 Å². The molecule has 0 aliphatic heterocycles. The minimum Gasteiger partial charge on any atom is -0.271 e. The van der Waals surface area contributed by atoms with Crippen molar-refractivity contribution in [2.24, 2.45) is 11.0 Å². The Hall–Kier alpha value is -2.69.